The predicted molar refractivity (Wildman–Crippen MR) is 88.5 cm³/mol. The van der Waals surface area contributed by atoms with Crippen LogP contribution in [0.25, 0.3) is 0 Å². The second kappa shape index (κ2) is 8.41. The molecule has 0 bridgehead atoms. The standard InChI is InChI=1S/C17H19ClN2O3/c1-22-16-8-12(6-7-15(16)23-11-17(19)21)9-20-10-13-4-2-3-5-14(13)18/h2-8,20H,9-11H2,1H3,(H2,19,21)/p+1. The van der Waals surface area contributed by atoms with Crippen molar-refractivity contribution in [1.29, 1.82) is 0 Å². The van der Waals surface area contributed by atoms with Crippen molar-refractivity contribution >= 4 is 17.5 Å². The van der Waals surface area contributed by atoms with Crippen LogP contribution in [0.5, 0.6) is 11.5 Å². The van der Waals surface area contributed by atoms with E-state index in [4.69, 9.17) is 26.8 Å². The molecule has 0 atom stereocenters. The summed E-state index contributed by atoms with van der Waals surface area (Å²) in [6.45, 7) is 1.40. The number of hydrogen-bond acceptors (Lipinski definition) is 3. The van der Waals surface area contributed by atoms with E-state index in [1.807, 2.05) is 36.4 Å². The largest absolute Gasteiger partial charge is 0.493 e. The second-order valence-electron chi connectivity index (χ2n) is 5.03. The van der Waals surface area contributed by atoms with Crippen molar-refractivity contribution in [3.63, 3.8) is 0 Å². The lowest BCUT2D eigenvalue weighted by Gasteiger charge is -2.11. The van der Waals surface area contributed by atoms with Gasteiger partial charge in [0.25, 0.3) is 5.91 Å². The van der Waals surface area contributed by atoms with E-state index in [1.54, 1.807) is 13.2 Å². The fourth-order valence-electron chi connectivity index (χ4n) is 2.17. The van der Waals surface area contributed by atoms with E-state index in [0.29, 0.717) is 11.5 Å². The van der Waals surface area contributed by atoms with Gasteiger partial charge in [0.05, 0.1) is 7.11 Å². The van der Waals surface area contributed by atoms with Gasteiger partial charge in [0.15, 0.2) is 18.1 Å². The Morgan fingerprint density at radius 1 is 1.17 bits per heavy atom. The molecule has 0 aliphatic heterocycles. The third-order valence-electron chi connectivity index (χ3n) is 3.30. The number of nitrogens with two attached hydrogens (primary N) is 2. The summed E-state index contributed by atoms with van der Waals surface area (Å²) in [5, 5.41) is 2.93. The summed E-state index contributed by atoms with van der Waals surface area (Å²) in [5.74, 6) is 0.556. The Bertz CT molecular complexity index is 677. The molecule has 6 heteroatoms. The molecule has 4 N–H and O–H groups in total. The van der Waals surface area contributed by atoms with Crippen LogP contribution in [0, 0.1) is 0 Å². The summed E-state index contributed by atoms with van der Waals surface area (Å²) in [4.78, 5) is 10.8. The molecule has 0 spiro atoms. The summed E-state index contributed by atoms with van der Waals surface area (Å²) in [7, 11) is 1.56. The molecule has 0 fully saturated rings. The van der Waals surface area contributed by atoms with Crippen LogP contribution in [0.1, 0.15) is 11.1 Å². The average molecular weight is 336 g/mol. The molecule has 23 heavy (non-hydrogen) atoms. The quantitative estimate of drug-likeness (QED) is 0.767. The van der Waals surface area contributed by atoms with E-state index in [2.05, 4.69) is 5.32 Å². The molecule has 0 saturated carbocycles. The van der Waals surface area contributed by atoms with Crippen molar-refractivity contribution < 1.29 is 19.6 Å². The molecule has 0 unspecified atom stereocenters. The zero-order valence-electron chi connectivity index (χ0n) is 12.9. The number of carbonyl (C=O) groups is 1. The predicted octanol–water partition coefficient (Wildman–Crippen LogP) is 1.48. The molecule has 1 amide bonds. The maximum atomic E-state index is 10.8. The summed E-state index contributed by atoms with van der Waals surface area (Å²) in [6, 6.07) is 13.4. The first-order chi connectivity index (χ1) is 11.1. The molecule has 0 aromatic heterocycles. The highest BCUT2D eigenvalue weighted by molar-refractivity contribution is 6.31. The number of ether oxygens (including phenoxy) is 2. The smallest absolute Gasteiger partial charge is 0.255 e. The number of carbonyl (C=O) groups excluding carboxylic acids is 1. The lowest BCUT2D eigenvalue weighted by Crippen LogP contribution is -2.80. The van der Waals surface area contributed by atoms with Gasteiger partial charge in [-0.1, -0.05) is 29.8 Å². The fourth-order valence-corrected chi connectivity index (χ4v) is 2.38. The van der Waals surface area contributed by atoms with Gasteiger partial charge in [-0.2, -0.15) is 0 Å². The highest BCUT2D eigenvalue weighted by Gasteiger charge is 2.08. The number of hydrogen-bond donors (Lipinski definition) is 2. The van der Waals surface area contributed by atoms with Gasteiger partial charge >= 0.3 is 0 Å². The monoisotopic (exact) mass is 335 g/mol. The molecule has 0 saturated heterocycles. The van der Waals surface area contributed by atoms with Crippen LogP contribution in [-0.2, 0) is 17.9 Å². The topological polar surface area (TPSA) is 78.2 Å². The average Bonchev–Trinajstić information content (AvgIpc) is 2.55. The molecule has 0 heterocycles. The Morgan fingerprint density at radius 2 is 1.96 bits per heavy atom. The van der Waals surface area contributed by atoms with Crippen LogP contribution in [-0.4, -0.2) is 19.6 Å². The Labute approximate surface area is 140 Å². The van der Waals surface area contributed by atoms with E-state index in [-0.39, 0.29) is 6.61 Å². The minimum Gasteiger partial charge on any atom is -0.493 e. The lowest BCUT2D eigenvalue weighted by molar-refractivity contribution is -0.686. The molecule has 0 aliphatic rings. The SMILES string of the molecule is COc1cc(C[NH2+]Cc2ccccc2Cl)ccc1OCC(N)=O. The van der Waals surface area contributed by atoms with Crippen molar-refractivity contribution in [3.8, 4) is 11.5 Å². The van der Waals surface area contributed by atoms with E-state index >= 15 is 0 Å². The van der Waals surface area contributed by atoms with Crippen molar-refractivity contribution in [2.75, 3.05) is 13.7 Å². The Morgan fingerprint density at radius 3 is 2.65 bits per heavy atom. The first-order valence-corrected chi connectivity index (χ1v) is 7.61. The maximum Gasteiger partial charge on any atom is 0.255 e. The highest BCUT2D eigenvalue weighted by Crippen LogP contribution is 2.27. The third kappa shape index (κ3) is 5.16. The molecule has 0 aliphatic carbocycles. The number of rotatable bonds is 8. The molecule has 2 aromatic rings. The Balaban J connectivity index is 1.95. The van der Waals surface area contributed by atoms with E-state index in [0.717, 1.165) is 29.2 Å². The maximum absolute atomic E-state index is 10.8. The van der Waals surface area contributed by atoms with Crippen molar-refractivity contribution in [2.45, 2.75) is 13.1 Å². The van der Waals surface area contributed by atoms with Crippen molar-refractivity contribution in [2.24, 2.45) is 5.73 Å². The first-order valence-electron chi connectivity index (χ1n) is 7.23. The summed E-state index contributed by atoms with van der Waals surface area (Å²) in [6.07, 6.45) is 0. The van der Waals surface area contributed by atoms with Crippen LogP contribution in [0.2, 0.25) is 5.02 Å². The minimum absolute atomic E-state index is 0.172. The van der Waals surface area contributed by atoms with Gasteiger partial charge in [-0.25, -0.2) is 0 Å². The van der Waals surface area contributed by atoms with Gasteiger partial charge in [0.1, 0.15) is 13.1 Å². The summed E-state index contributed by atoms with van der Waals surface area (Å²) in [5.41, 5.74) is 7.26. The minimum atomic E-state index is -0.524. The second-order valence-corrected chi connectivity index (χ2v) is 5.44. The summed E-state index contributed by atoms with van der Waals surface area (Å²) >= 11 is 6.14. The van der Waals surface area contributed by atoms with Gasteiger partial charge in [-0.15, -0.1) is 0 Å². The van der Waals surface area contributed by atoms with Gasteiger partial charge in [0.2, 0.25) is 0 Å². The lowest BCUT2D eigenvalue weighted by atomic mass is 10.2. The van der Waals surface area contributed by atoms with Gasteiger partial charge in [0, 0.05) is 16.1 Å². The fraction of sp³-hybridized carbons (Fsp3) is 0.235. The van der Waals surface area contributed by atoms with Crippen LogP contribution < -0.4 is 20.5 Å². The zero-order chi connectivity index (χ0) is 16.7. The number of benzene rings is 2. The molecule has 2 aromatic carbocycles. The third-order valence-corrected chi connectivity index (χ3v) is 3.67. The number of amides is 1. The van der Waals surface area contributed by atoms with E-state index < -0.39 is 5.91 Å². The number of primary amides is 1. The van der Waals surface area contributed by atoms with Crippen molar-refractivity contribution in [3.05, 3.63) is 58.6 Å². The van der Waals surface area contributed by atoms with Crippen LogP contribution in [0.3, 0.4) is 0 Å². The molecule has 122 valence electrons. The molecular formula is C17H20ClN2O3+. The Hall–Kier alpha value is -2.24. The van der Waals surface area contributed by atoms with E-state index in [9.17, 15) is 4.79 Å². The van der Waals surface area contributed by atoms with Crippen LogP contribution >= 0.6 is 11.6 Å². The molecule has 5 nitrogen and oxygen atoms in total. The zero-order valence-corrected chi connectivity index (χ0v) is 13.7. The molecule has 0 radical (unpaired) electrons. The van der Waals surface area contributed by atoms with E-state index in [1.165, 1.54) is 0 Å². The van der Waals surface area contributed by atoms with Crippen LogP contribution in [0.4, 0.5) is 0 Å². The normalized spacial score (nSPS) is 10.3. The highest BCUT2D eigenvalue weighted by atomic mass is 35.5. The van der Waals surface area contributed by atoms with Crippen molar-refractivity contribution in [1.82, 2.24) is 0 Å². The molecular weight excluding hydrogens is 316 g/mol. The first kappa shape index (κ1) is 17.1. The van der Waals surface area contributed by atoms with Crippen LogP contribution in [0.15, 0.2) is 42.5 Å². The number of halogens is 1. The Kier molecular flexibility index (Phi) is 6.26. The number of quaternary nitrogens is 1. The number of methoxy groups -OCH3 is 1. The van der Waals surface area contributed by atoms with Gasteiger partial charge < -0.3 is 20.5 Å². The van der Waals surface area contributed by atoms with Gasteiger partial charge in [-0.05, 0) is 24.3 Å². The summed E-state index contributed by atoms with van der Waals surface area (Å²) < 4.78 is 10.6. The van der Waals surface area contributed by atoms with Gasteiger partial charge in [-0.3, -0.25) is 4.79 Å². The molecule has 2 rings (SSSR count).